The maximum Gasteiger partial charge on any atom is 0.119 e. The van der Waals surface area contributed by atoms with Crippen LogP contribution in [0, 0.1) is 11.8 Å². The van der Waals surface area contributed by atoms with Crippen molar-refractivity contribution < 1.29 is 4.74 Å². The Morgan fingerprint density at radius 2 is 1.59 bits per heavy atom. The molecule has 2 N–H and O–H groups in total. The first-order chi connectivity index (χ1) is 10.7. The third-order valence-corrected chi connectivity index (χ3v) is 4.33. The summed E-state index contributed by atoms with van der Waals surface area (Å²) in [5.41, 5.74) is 7.23. The Morgan fingerprint density at radius 1 is 0.955 bits per heavy atom. The first-order valence-electron chi connectivity index (χ1n) is 9.15. The predicted octanol–water partition coefficient (Wildman–Crippen LogP) is 5.20. The Bertz CT molecular complexity index is 385. The highest BCUT2D eigenvalue weighted by Gasteiger charge is 2.10. The second kappa shape index (κ2) is 11.5. The molecule has 0 saturated heterocycles. The van der Waals surface area contributed by atoms with E-state index in [-0.39, 0.29) is 0 Å². The first-order valence-corrected chi connectivity index (χ1v) is 9.15. The van der Waals surface area contributed by atoms with Gasteiger partial charge in [0.25, 0.3) is 0 Å². The van der Waals surface area contributed by atoms with Crippen molar-refractivity contribution in [1.29, 1.82) is 0 Å². The van der Waals surface area contributed by atoms with Crippen LogP contribution in [0.25, 0.3) is 0 Å². The van der Waals surface area contributed by atoms with Gasteiger partial charge in [-0.15, -0.1) is 0 Å². The minimum Gasteiger partial charge on any atom is -0.493 e. The van der Waals surface area contributed by atoms with Crippen LogP contribution in [0.2, 0.25) is 0 Å². The van der Waals surface area contributed by atoms with Gasteiger partial charge in [0.2, 0.25) is 0 Å². The molecule has 0 radical (unpaired) electrons. The van der Waals surface area contributed by atoms with Crippen molar-refractivity contribution in [3.63, 3.8) is 0 Å². The molecule has 0 spiro atoms. The van der Waals surface area contributed by atoms with E-state index in [9.17, 15) is 0 Å². The number of hydrogen-bond donors (Lipinski definition) is 1. The van der Waals surface area contributed by atoms with Crippen LogP contribution in [0.1, 0.15) is 64.9 Å². The van der Waals surface area contributed by atoms with E-state index in [0.717, 1.165) is 25.3 Å². The molecule has 0 aliphatic heterocycles. The molecular formula is C20H35NO. The van der Waals surface area contributed by atoms with Gasteiger partial charge in [-0.2, -0.15) is 0 Å². The minimum atomic E-state index is 0.591. The number of ether oxygens (including phenoxy) is 1. The van der Waals surface area contributed by atoms with Gasteiger partial charge in [-0.05, 0) is 61.8 Å². The molecule has 0 aliphatic rings. The largest absolute Gasteiger partial charge is 0.493 e. The Kier molecular flexibility index (Phi) is 9.98. The van der Waals surface area contributed by atoms with E-state index < -0.39 is 0 Å². The quantitative estimate of drug-likeness (QED) is 0.576. The number of rotatable bonds is 12. The molecule has 0 aromatic heterocycles. The molecule has 1 aromatic rings. The van der Waals surface area contributed by atoms with Crippen LogP contribution < -0.4 is 10.5 Å². The highest BCUT2D eigenvalue weighted by molar-refractivity contribution is 5.28. The van der Waals surface area contributed by atoms with Gasteiger partial charge in [-0.25, -0.2) is 0 Å². The van der Waals surface area contributed by atoms with Crippen molar-refractivity contribution >= 4 is 0 Å². The lowest BCUT2D eigenvalue weighted by Gasteiger charge is -2.17. The molecule has 0 saturated carbocycles. The average molecular weight is 306 g/mol. The van der Waals surface area contributed by atoms with E-state index >= 15 is 0 Å². The van der Waals surface area contributed by atoms with Gasteiger partial charge in [0, 0.05) is 0 Å². The van der Waals surface area contributed by atoms with Crippen LogP contribution in [-0.2, 0) is 6.42 Å². The van der Waals surface area contributed by atoms with Gasteiger partial charge in [0.1, 0.15) is 5.75 Å². The van der Waals surface area contributed by atoms with E-state index in [4.69, 9.17) is 10.5 Å². The summed E-state index contributed by atoms with van der Waals surface area (Å²) in [6.07, 6.45) is 8.48. The predicted molar refractivity (Wildman–Crippen MR) is 96.4 cm³/mol. The smallest absolute Gasteiger partial charge is 0.119 e. The molecule has 0 amide bonds. The summed E-state index contributed by atoms with van der Waals surface area (Å²) in [7, 11) is 0. The number of hydrogen-bond acceptors (Lipinski definition) is 2. The first kappa shape index (κ1) is 19.0. The summed E-state index contributed by atoms with van der Waals surface area (Å²) in [6.45, 7) is 8.35. The maximum atomic E-state index is 6.06. The standard InChI is InChI=1S/C20H35NO/c1-4-8-17(9-5-2)16-22-20-12-7-11-18(14-20)13-19(15-21)10-6-3/h7,11-12,14,17,19H,4-6,8-10,13,15-16,21H2,1-3H3. The van der Waals surface area contributed by atoms with Crippen molar-refractivity contribution in [2.24, 2.45) is 17.6 Å². The summed E-state index contributed by atoms with van der Waals surface area (Å²) in [5, 5.41) is 0. The highest BCUT2D eigenvalue weighted by atomic mass is 16.5. The molecule has 1 atom stereocenters. The van der Waals surface area contributed by atoms with Gasteiger partial charge >= 0.3 is 0 Å². The zero-order chi connectivity index (χ0) is 16.2. The van der Waals surface area contributed by atoms with Gasteiger partial charge < -0.3 is 10.5 Å². The van der Waals surface area contributed by atoms with Gasteiger partial charge in [0.15, 0.2) is 0 Å². The molecule has 2 nitrogen and oxygen atoms in total. The Balaban J connectivity index is 2.55. The Morgan fingerprint density at radius 3 is 2.18 bits per heavy atom. The lowest BCUT2D eigenvalue weighted by atomic mass is 9.95. The van der Waals surface area contributed by atoms with E-state index in [1.54, 1.807) is 0 Å². The van der Waals surface area contributed by atoms with E-state index in [1.807, 2.05) is 0 Å². The average Bonchev–Trinajstić information content (AvgIpc) is 2.53. The Hall–Kier alpha value is -1.02. The fraction of sp³-hybridized carbons (Fsp3) is 0.700. The molecular weight excluding hydrogens is 270 g/mol. The number of benzene rings is 1. The van der Waals surface area contributed by atoms with Gasteiger partial charge in [0.05, 0.1) is 6.61 Å². The van der Waals surface area contributed by atoms with Crippen molar-refractivity contribution in [1.82, 2.24) is 0 Å². The summed E-state index contributed by atoms with van der Waals surface area (Å²) >= 11 is 0. The zero-order valence-electron chi connectivity index (χ0n) is 14.8. The molecule has 1 rings (SSSR count). The Labute approximate surface area is 137 Å². The second-order valence-electron chi connectivity index (χ2n) is 6.50. The molecule has 0 aliphatic carbocycles. The fourth-order valence-corrected chi connectivity index (χ4v) is 3.15. The van der Waals surface area contributed by atoms with Crippen LogP contribution in [0.4, 0.5) is 0 Å². The molecule has 0 bridgehead atoms. The van der Waals surface area contributed by atoms with Gasteiger partial charge in [-0.3, -0.25) is 0 Å². The summed E-state index contributed by atoms with van der Waals surface area (Å²) in [4.78, 5) is 0. The van der Waals surface area contributed by atoms with Crippen molar-refractivity contribution in [2.75, 3.05) is 13.2 Å². The molecule has 22 heavy (non-hydrogen) atoms. The van der Waals surface area contributed by atoms with E-state index in [2.05, 4.69) is 45.0 Å². The summed E-state index contributed by atoms with van der Waals surface area (Å²) < 4.78 is 6.06. The second-order valence-corrected chi connectivity index (χ2v) is 6.50. The molecule has 1 aromatic carbocycles. The molecule has 0 heterocycles. The lowest BCUT2D eigenvalue weighted by molar-refractivity contribution is 0.229. The maximum absolute atomic E-state index is 6.06. The zero-order valence-corrected chi connectivity index (χ0v) is 14.8. The third-order valence-electron chi connectivity index (χ3n) is 4.33. The SMILES string of the molecule is CCCC(CCC)COc1cccc(CC(CN)CCC)c1. The monoisotopic (exact) mass is 305 g/mol. The van der Waals surface area contributed by atoms with E-state index in [1.165, 1.54) is 44.1 Å². The van der Waals surface area contributed by atoms with Crippen molar-refractivity contribution in [3.8, 4) is 5.75 Å². The van der Waals surface area contributed by atoms with Crippen LogP contribution in [0.15, 0.2) is 24.3 Å². The highest BCUT2D eigenvalue weighted by Crippen LogP contribution is 2.21. The van der Waals surface area contributed by atoms with Crippen molar-refractivity contribution in [2.45, 2.75) is 65.7 Å². The normalized spacial score (nSPS) is 12.6. The third kappa shape index (κ3) is 7.31. The minimum absolute atomic E-state index is 0.591. The number of nitrogens with two attached hydrogens (primary N) is 1. The fourth-order valence-electron chi connectivity index (χ4n) is 3.15. The van der Waals surface area contributed by atoms with Gasteiger partial charge in [-0.1, -0.05) is 52.2 Å². The molecule has 0 fully saturated rings. The molecule has 2 heteroatoms. The van der Waals surface area contributed by atoms with Crippen LogP contribution >= 0.6 is 0 Å². The van der Waals surface area contributed by atoms with Crippen LogP contribution in [-0.4, -0.2) is 13.2 Å². The van der Waals surface area contributed by atoms with E-state index in [0.29, 0.717) is 11.8 Å². The summed E-state index contributed by atoms with van der Waals surface area (Å²) in [5.74, 6) is 2.30. The van der Waals surface area contributed by atoms with Crippen molar-refractivity contribution in [3.05, 3.63) is 29.8 Å². The summed E-state index contributed by atoms with van der Waals surface area (Å²) in [6, 6.07) is 8.59. The van der Waals surface area contributed by atoms with Crippen LogP contribution in [0.3, 0.4) is 0 Å². The molecule has 126 valence electrons. The topological polar surface area (TPSA) is 35.2 Å². The molecule has 1 unspecified atom stereocenters. The van der Waals surface area contributed by atoms with Crippen LogP contribution in [0.5, 0.6) is 5.75 Å². The lowest BCUT2D eigenvalue weighted by Crippen LogP contribution is -2.16.